The topological polar surface area (TPSA) is 14.2 Å². The molecule has 2 heterocycles. The standard InChI is InChI=1S/C20H21NO/c1-2-14-22-17-8-5-15(6-9-17)18-10-7-16-4-3-12-21-13-11-19(18)20(16)21/h5-11,13H,2-4,12,14H2,1H3. The molecule has 0 fully saturated rings. The van der Waals surface area contributed by atoms with Crippen molar-refractivity contribution in [2.24, 2.45) is 0 Å². The van der Waals surface area contributed by atoms with E-state index < -0.39 is 0 Å². The Morgan fingerprint density at radius 3 is 2.73 bits per heavy atom. The summed E-state index contributed by atoms with van der Waals surface area (Å²) in [7, 11) is 0. The molecule has 0 bridgehead atoms. The van der Waals surface area contributed by atoms with Crippen LogP contribution in [-0.4, -0.2) is 11.2 Å². The lowest BCUT2D eigenvalue weighted by Crippen LogP contribution is -2.06. The molecule has 0 atom stereocenters. The van der Waals surface area contributed by atoms with E-state index >= 15 is 0 Å². The zero-order valence-electron chi connectivity index (χ0n) is 13.0. The van der Waals surface area contributed by atoms with Gasteiger partial charge in [-0.1, -0.05) is 31.2 Å². The van der Waals surface area contributed by atoms with Gasteiger partial charge in [0.25, 0.3) is 0 Å². The molecular weight excluding hydrogens is 270 g/mol. The molecule has 22 heavy (non-hydrogen) atoms. The molecule has 0 saturated carbocycles. The van der Waals surface area contributed by atoms with Crippen LogP contribution in [0, 0.1) is 0 Å². The van der Waals surface area contributed by atoms with E-state index in [0.717, 1.165) is 25.3 Å². The molecular formula is C20H21NO. The van der Waals surface area contributed by atoms with Crippen molar-refractivity contribution < 1.29 is 4.74 Å². The van der Waals surface area contributed by atoms with E-state index in [1.165, 1.54) is 40.4 Å². The zero-order chi connectivity index (χ0) is 14.9. The highest BCUT2D eigenvalue weighted by molar-refractivity contribution is 5.97. The van der Waals surface area contributed by atoms with Gasteiger partial charge in [0.15, 0.2) is 0 Å². The van der Waals surface area contributed by atoms with Gasteiger partial charge in [-0.25, -0.2) is 0 Å². The molecule has 112 valence electrons. The second-order valence-corrected chi connectivity index (χ2v) is 6.02. The molecule has 1 aliphatic rings. The molecule has 2 nitrogen and oxygen atoms in total. The van der Waals surface area contributed by atoms with Gasteiger partial charge in [0.2, 0.25) is 0 Å². The van der Waals surface area contributed by atoms with Crippen LogP contribution in [0.2, 0.25) is 0 Å². The quantitative estimate of drug-likeness (QED) is 0.656. The fraction of sp³-hybridized carbons (Fsp3) is 0.300. The fourth-order valence-electron chi connectivity index (χ4n) is 3.43. The number of hydrogen-bond acceptors (Lipinski definition) is 1. The number of rotatable bonds is 4. The van der Waals surface area contributed by atoms with E-state index in [1.807, 2.05) is 0 Å². The summed E-state index contributed by atoms with van der Waals surface area (Å²) in [5, 5.41) is 1.37. The summed E-state index contributed by atoms with van der Waals surface area (Å²) in [5.41, 5.74) is 5.49. The molecule has 2 heteroatoms. The minimum Gasteiger partial charge on any atom is -0.494 e. The highest BCUT2D eigenvalue weighted by Crippen LogP contribution is 2.34. The number of nitrogens with zero attached hydrogens (tertiary/aromatic N) is 1. The van der Waals surface area contributed by atoms with Gasteiger partial charge in [0.05, 0.1) is 12.1 Å². The first kappa shape index (κ1) is 13.4. The van der Waals surface area contributed by atoms with Crippen LogP contribution in [-0.2, 0) is 13.0 Å². The number of aromatic nitrogens is 1. The molecule has 0 unspecified atom stereocenters. The second-order valence-electron chi connectivity index (χ2n) is 6.02. The van der Waals surface area contributed by atoms with Gasteiger partial charge >= 0.3 is 0 Å². The molecule has 0 radical (unpaired) electrons. The van der Waals surface area contributed by atoms with Crippen molar-refractivity contribution in [3.8, 4) is 16.9 Å². The van der Waals surface area contributed by atoms with E-state index in [4.69, 9.17) is 4.74 Å². The molecule has 0 aliphatic carbocycles. The van der Waals surface area contributed by atoms with Crippen LogP contribution in [0.5, 0.6) is 5.75 Å². The highest BCUT2D eigenvalue weighted by Gasteiger charge is 2.15. The molecule has 1 aliphatic heterocycles. The lowest BCUT2D eigenvalue weighted by Gasteiger charge is -2.17. The molecule has 0 amide bonds. The van der Waals surface area contributed by atoms with Crippen molar-refractivity contribution in [2.75, 3.05) is 6.61 Å². The van der Waals surface area contributed by atoms with Crippen LogP contribution in [0.15, 0.2) is 48.7 Å². The fourth-order valence-corrected chi connectivity index (χ4v) is 3.43. The van der Waals surface area contributed by atoms with E-state index in [0.29, 0.717) is 0 Å². The van der Waals surface area contributed by atoms with Gasteiger partial charge in [-0.2, -0.15) is 0 Å². The van der Waals surface area contributed by atoms with Crippen LogP contribution in [0.25, 0.3) is 22.0 Å². The first-order valence-corrected chi connectivity index (χ1v) is 8.21. The van der Waals surface area contributed by atoms with Gasteiger partial charge in [-0.3, -0.25) is 0 Å². The molecule has 3 aromatic rings. The number of aryl methyl sites for hydroxylation is 2. The lowest BCUT2D eigenvalue weighted by molar-refractivity contribution is 0.317. The smallest absolute Gasteiger partial charge is 0.119 e. The highest BCUT2D eigenvalue weighted by atomic mass is 16.5. The summed E-state index contributed by atoms with van der Waals surface area (Å²) in [5.74, 6) is 0.956. The van der Waals surface area contributed by atoms with Crippen molar-refractivity contribution in [1.29, 1.82) is 0 Å². The monoisotopic (exact) mass is 291 g/mol. The Balaban J connectivity index is 1.75. The summed E-state index contributed by atoms with van der Waals surface area (Å²) in [6.45, 7) is 4.05. The summed E-state index contributed by atoms with van der Waals surface area (Å²) in [6.07, 6.45) is 5.72. The Labute approximate surface area is 131 Å². The van der Waals surface area contributed by atoms with Gasteiger partial charge < -0.3 is 9.30 Å². The number of ether oxygens (including phenoxy) is 1. The molecule has 0 spiro atoms. The maximum absolute atomic E-state index is 5.68. The number of hydrogen-bond donors (Lipinski definition) is 0. The van der Waals surface area contributed by atoms with Crippen molar-refractivity contribution in [2.45, 2.75) is 32.7 Å². The van der Waals surface area contributed by atoms with Crippen molar-refractivity contribution in [3.63, 3.8) is 0 Å². The van der Waals surface area contributed by atoms with Crippen LogP contribution in [0.4, 0.5) is 0 Å². The van der Waals surface area contributed by atoms with Crippen molar-refractivity contribution >= 4 is 10.9 Å². The predicted octanol–water partition coefficient (Wildman–Crippen LogP) is 5.04. The Morgan fingerprint density at radius 1 is 1.05 bits per heavy atom. The Morgan fingerprint density at radius 2 is 1.91 bits per heavy atom. The maximum Gasteiger partial charge on any atom is 0.119 e. The number of benzene rings is 2. The average molecular weight is 291 g/mol. The summed E-state index contributed by atoms with van der Waals surface area (Å²) < 4.78 is 8.08. The summed E-state index contributed by atoms with van der Waals surface area (Å²) in [4.78, 5) is 0. The zero-order valence-corrected chi connectivity index (χ0v) is 13.0. The van der Waals surface area contributed by atoms with E-state index in [1.54, 1.807) is 0 Å². The largest absolute Gasteiger partial charge is 0.494 e. The lowest BCUT2D eigenvalue weighted by atomic mass is 9.96. The third-order valence-corrected chi connectivity index (χ3v) is 4.49. The minimum absolute atomic E-state index is 0.779. The van der Waals surface area contributed by atoms with E-state index in [-0.39, 0.29) is 0 Å². The van der Waals surface area contributed by atoms with Gasteiger partial charge in [-0.05, 0) is 54.2 Å². The second kappa shape index (κ2) is 5.53. The third kappa shape index (κ3) is 2.19. The van der Waals surface area contributed by atoms with Crippen molar-refractivity contribution in [3.05, 3.63) is 54.2 Å². The Hall–Kier alpha value is -2.22. The predicted molar refractivity (Wildman–Crippen MR) is 91.5 cm³/mol. The normalized spacial score (nSPS) is 13.5. The van der Waals surface area contributed by atoms with E-state index in [2.05, 4.69) is 60.2 Å². The van der Waals surface area contributed by atoms with Crippen molar-refractivity contribution in [1.82, 2.24) is 4.57 Å². The molecule has 4 rings (SSSR count). The minimum atomic E-state index is 0.779. The van der Waals surface area contributed by atoms with Gasteiger partial charge in [0, 0.05) is 18.1 Å². The van der Waals surface area contributed by atoms with Crippen LogP contribution >= 0.6 is 0 Å². The van der Waals surface area contributed by atoms with Crippen LogP contribution in [0.3, 0.4) is 0 Å². The molecule has 0 N–H and O–H groups in total. The van der Waals surface area contributed by atoms with E-state index in [9.17, 15) is 0 Å². The van der Waals surface area contributed by atoms with Gasteiger partial charge in [-0.15, -0.1) is 0 Å². The maximum atomic E-state index is 5.68. The Kier molecular flexibility index (Phi) is 3.38. The summed E-state index contributed by atoms with van der Waals surface area (Å²) >= 11 is 0. The SMILES string of the molecule is CCCOc1ccc(-c2ccc3c4c2ccn4CCC3)cc1. The first-order valence-electron chi connectivity index (χ1n) is 8.21. The summed E-state index contributed by atoms with van der Waals surface area (Å²) in [6, 6.07) is 15.3. The van der Waals surface area contributed by atoms with Gasteiger partial charge in [0.1, 0.15) is 5.75 Å². The van der Waals surface area contributed by atoms with Crippen LogP contribution in [0.1, 0.15) is 25.3 Å². The first-order chi connectivity index (χ1) is 10.9. The third-order valence-electron chi connectivity index (χ3n) is 4.49. The molecule has 1 aromatic heterocycles. The molecule has 0 saturated heterocycles. The van der Waals surface area contributed by atoms with Crippen LogP contribution < -0.4 is 4.74 Å². The Bertz CT molecular complexity index is 798. The average Bonchev–Trinajstić information content (AvgIpc) is 3.00. The molecule has 2 aromatic carbocycles.